The van der Waals surface area contributed by atoms with Gasteiger partial charge in [0.05, 0.1) is 0 Å². The lowest BCUT2D eigenvalue weighted by Gasteiger charge is -2.37. The highest BCUT2D eigenvalue weighted by Gasteiger charge is 2.28. The zero-order valence-corrected chi connectivity index (χ0v) is 15.0. The fraction of sp³-hybridized carbons (Fsp3) is 0.632. The van der Waals surface area contributed by atoms with Crippen molar-refractivity contribution in [3.63, 3.8) is 0 Å². The monoisotopic (exact) mass is 321 g/mol. The van der Waals surface area contributed by atoms with Gasteiger partial charge in [-0.2, -0.15) is 0 Å². The van der Waals surface area contributed by atoms with E-state index < -0.39 is 0 Å². The maximum absolute atomic E-state index is 12.5. The van der Waals surface area contributed by atoms with Gasteiger partial charge in [0.25, 0.3) is 5.91 Å². The summed E-state index contributed by atoms with van der Waals surface area (Å²) in [5, 5.41) is 0.625. The number of benzene rings is 1. The third-order valence-corrected chi connectivity index (χ3v) is 4.87. The first kappa shape index (κ1) is 17.3. The number of hydrogen-bond acceptors (Lipinski definition) is 1. The Morgan fingerprint density at radius 2 is 1.95 bits per heavy atom. The van der Waals surface area contributed by atoms with Crippen molar-refractivity contribution < 1.29 is 4.79 Å². The van der Waals surface area contributed by atoms with Crippen LogP contribution in [0.3, 0.4) is 0 Å². The number of carbonyl (C=O) groups excluding carboxylic acids is 1. The van der Waals surface area contributed by atoms with Gasteiger partial charge in [0.2, 0.25) is 0 Å². The smallest absolute Gasteiger partial charge is 0.253 e. The summed E-state index contributed by atoms with van der Waals surface area (Å²) in [4.78, 5) is 14.5. The van der Waals surface area contributed by atoms with E-state index in [-0.39, 0.29) is 5.91 Å². The summed E-state index contributed by atoms with van der Waals surface area (Å²) in [7, 11) is 0. The minimum Gasteiger partial charge on any atom is -0.339 e. The summed E-state index contributed by atoms with van der Waals surface area (Å²) in [6, 6.07) is 7.26. The topological polar surface area (TPSA) is 20.3 Å². The minimum absolute atomic E-state index is 0.115. The molecule has 22 heavy (non-hydrogen) atoms. The Morgan fingerprint density at radius 3 is 2.50 bits per heavy atom. The fourth-order valence-electron chi connectivity index (χ4n) is 3.61. The molecule has 1 amide bonds. The minimum atomic E-state index is 0.115. The average molecular weight is 322 g/mol. The second kappa shape index (κ2) is 7.04. The molecule has 1 aliphatic rings. The van der Waals surface area contributed by atoms with Crippen molar-refractivity contribution in [3.8, 4) is 0 Å². The summed E-state index contributed by atoms with van der Waals surface area (Å²) in [6.07, 6.45) is 3.48. The van der Waals surface area contributed by atoms with Crippen LogP contribution in [0, 0.1) is 17.3 Å². The highest BCUT2D eigenvalue weighted by atomic mass is 35.5. The number of amides is 1. The fourth-order valence-corrected chi connectivity index (χ4v) is 3.80. The van der Waals surface area contributed by atoms with E-state index in [9.17, 15) is 4.79 Å². The van der Waals surface area contributed by atoms with Crippen LogP contribution in [0.1, 0.15) is 57.3 Å². The molecule has 1 saturated heterocycles. The van der Waals surface area contributed by atoms with E-state index in [1.807, 2.05) is 17.0 Å². The van der Waals surface area contributed by atoms with Gasteiger partial charge in [-0.15, -0.1) is 0 Å². The number of likely N-dealkylation sites (tertiary alicyclic amines) is 1. The molecule has 0 saturated carbocycles. The normalized spacial score (nSPS) is 18.3. The molecule has 2 rings (SSSR count). The third kappa shape index (κ3) is 4.74. The molecule has 1 aromatic rings. The Bertz CT molecular complexity index is 512. The first-order valence-electron chi connectivity index (χ1n) is 8.31. The van der Waals surface area contributed by atoms with Gasteiger partial charge < -0.3 is 4.90 Å². The summed E-state index contributed by atoms with van der Waals surface area (Å²) in [5.74, 6) is 1.58. The van der Waals surface area contributed by atoms with Gasteiger partial charge >= 0.3 is 0 Å². The van der Waals surface area contributed by atoms with Crippen LogP contribution in [0.25, 0.3) is 0 Å². The maximum Gasteiger partial charge on any atom is 0.253 e. The van der Waals surface area contributed by atoms with E-state index in [1.54, 1.807) is 12.1 Å². The lowest BCUT2D eigenvalue weighted by Crippen LogP contribution is -2.40. The molecular weight excluding hydrogens is 294 g/mol. The van der Waals surface area contributed by atoms with Crippen LogP contribution in [-0.4, -0.2) is 23.9 Å². The number of hydrogen-bond donors (Lipinski definition) is 0. The first-order chi connectivity index (χ1) is 10.3. The number of rotatable bonds is 3. The van der Waals surface area contributed by atoms with Gasteiger partial charge in [0.15, 0.2) is 0 Å². The van der Waals surface area contributed by atoms with E-state index >= 15 is 0 Å². The highest BCUT2D eigenvalue weighted by Crippen LogP contribution is 2.34. The molecule has 3 heteroatoms. The Labute approximate surface area is 139 Å². The summed E-state index contributed by atoms with van der Waals surface area (Å²) in [5.41, 5.74) is 1.08. The lowest BCUT2D eigenvalue weighted by atomic mass is 9.76. The van der Waals surface area contributed by atoms with Crippen LogP contribution >= 0.6 is 11.6 Å². The molecule has 1 aromatic carbocycles. The molecule has 0 aliphatic carbocycles. The largest absolute Gasteiger partial charge is 0.339 e. The quantitative estimate of drug-likeness (QED) is 0.743. The molecule has 122 valence electrons. The van der Waals surface area contributed by atoms with Gasteiger partial charge in [-0.1, -0.05) is 45.4 Å². The summed E-state index contributed by atoms with van der Waals surface area (Å²) in [6.45, 7) is 11.0. The van der Waals surface area contributed by atoms with Crippen molar-refractivity contribution >= 4 is 17.5 Å². The molecule has 0 radical (unpaired) electrons. The van der Waals surface area contributed by atoms with Crippen LogP contribution in [0.4, 0.5) is 0 Å². The Morgan fingerprint density at radius 1 is 1.32 bits per heavy atom. The van der Waals surface area contributed by atoms with Crippen molar-refractivity contribution in [1.29, 1.82) is 0 Å². The Hall–Kier alpha value is -1.02. The van der Waals surface area contributed by atoms with E-state index in [1.165, 1.54) is 6.42 Å². The molecule has 1 atom stereocenters. The van der Waals surface area contributed by atoms with Crippen LogP contribution in [0.2, 0.25) is 5.02 Å². The second-order valence-electron chi connectivity index (χ2n) is 7.88. The summed E-state index contributed by atoms with van der Waals surface area (Å²) >= 11 is 5.98. The number of halogens is 1. The van der Waals surface area contributed by atoms with Crippen molar-refractivity contribution in [3.05, 3.63) is 34.9 Å². The van der Waals surface area contributed by atoms with Crippen LogP contribution in [-0.2, 0) is 0 Å². The van der Waals surface area contributed by atoms with Gasteiger partial charge in [-0.05, 0) is 54.7 Å². The van der Waals surface area contributed by atoms with Crippen molar-refractivity contribution in [2.75, 3.05) is 13.1 Å². The van der Waals surface area contributed by atoms with Crippen molar-refractivity contribution in [2.45, 2.75) is 47.0 Å². The van der Waals surface area contributed by atoms with Crippen molar-refractivity contribution in [1.82, 2.24) is 4.90 Å². The van der Waals surface area contributed by atoms with E-state index in [0.717, 1.165) is 37.8 Å². The zero-order valence-electron chi connectivity index (χ0n) is 14.2. The van der Waals surface area contributed by atoms with Crippen LogP contribution < -0.4 is 0 Å². The first-order valence-corrected chi connectivity index (χ1v) is 8.69. The number of piperidine rings is 1. The van der Waals surface area contributed by atoms with E-state index in [4.69, 9.17) is 11.6 Å². The predicted octanol–water partition coefficient (Wildman–Crippen LogP) is 5.26. The molecule has 0 aromatic heterocycles. The SMILES string of the molecule is CC(CC(C)(C)C)C1CCN(C(=O)c2cccc(Cl)c2)CC1. The van der Waals surface area contributed by atoms with Crippen molar-refractivity contribution in [2.24, 2.45) is 17.3 Å². The molecule has 0 spiro atoms. The number of nitrogens with zero attached hydrogens (tertiary/aromatic N) is 1. The van der Waals surface area contributed by atoms with Gasteiger partial charge in [-0.25, -0.2) is 0 Å². The lowest BCUT2D eigenvalue weighted by molar-refractivity contribution is 0.0644. The zero-order chi connectivity index (χ0) is 16.3. The maximum atomic E-state index is 12.5. The van der Waals surface area contributed by atoms with Gasteiger partial charge in [-0.3, -0.25) is 4.79 Å². The van der Waals surface area contributed by atoms with Gasteiger partial charge in [0.1, 0.15) is 0 Å². The Balaban J connectivity index is 1.90. The molecule has 0 N–H and O–H groups in total. The predicted molar refractivity (Wildman–Crippen MR) is 93.3 cm³/mol. The molecule has 1 fully saturated rings. The van der Waals surface area contributed by atoms with Gasteiger partial charge in [0, 0.05) is 23.7 Å². The van der Waals surface area contributed by atoms with Crippen LogP contribution in [0.5, 0.6) is 0 Å². The molecule has 1 unspecified atom stereocenters. The third-order valence-electron chi connectivity index (χ3n) is 4.64. The molecule has 0 bridgehead atoms. The summed E-state index contributed by atoms with van der Waals surface area (Å²) < 4.78 is 0. The van der Waals surface area contributed by atoms with Crippen LogP contribution in [0.15, 0.2) is 24.3 Å². The van der Waals surface area contributed by atoms with E-state index in [0.29, 0.717) is 16.0 Å². The standard InChI is InChI=1S/C19H28ClNO/c1-14(13-19(2,3)4)15-8-10-21(11-9-15)18(22)16-6-5-7-17(20)12-16/h5-7,12,14-15H,8-11,13H2,1-4H3. The molecular formula is C19H28ClNO. The van der Waals surface area contributed by atoms with E-state index in [2.05, 4.69) is 27.7 Å². The second-order valence-corrected chi connectivity index (χ2v) is 8.32. The molecule has 1 aliphatic heterocycles. The Kier molecular flexibility index (Phi) is 5.55. The molecule has 1 heterocycles. The highest BCUT2D eigenvalue weighted by molar-refractivity contribution is 6.30. The molecule has 2 nitrogen and oxygen atoms in total. The number of carbonyl (C=O) groups is 1. The average Bonchev–Trinajstić information content (AvgIpc) is 2.45.